The molecule has 0 bridgehead atoms. The van der Waals surface area contributed by atoms with Gasteiger partial charge in [0.05, 0.1) is 18.5 Å². The van der Waals surface area contributed by atoms with Gasteiger partial charge in [0.2, 0.25) is 0 Å². The summed E-state index contributed by atoms with van der Waals surface area (Å²) in [7, 11) is 0.590. The van der Waals surface area contributed by atoms with Crippen molar-refractivity contribution < 1.29 is 14.1 Å². The summed E-state index contributed by atoms with van der Waals surface area (Å²) in [6.45, 7) is 5.82. The van der Waals surface area contributed by atoms with Gasteiger partial charge in [0.25, 0.3) is 0 Å². The largest absolute Gasteiger partial charge is 0.391 e. The predicted octanol–water partition coefficient (Wildman–Crippen LogP) is 1.15. The lowest BCUT2D eigenvalue weighted by atomic mass is 10.1. The van der Waals surface area contributed by atoms with Gasteiger partial charge in [0, 0.05) is 36.8 Å². The maximum Gasteiger partial charge on any atom is 0.0779 e. The van der Waals surface area contributed by atoms with E-state index in [1.807, 2.05) is 26.0 Å². The molecule has 0 heterocycles. The molecule has 20 heavy (non-hydrogen) atoms. The average molecular weight is 299 g/mol. The van der Waals surface area contributed by atoms with Gasteiger partial charge in [-0.2, -0.15) is 0 Å². The Kier molecular flexibility index (Phi) is 7.99. The first-order chi connectivity index (χ1) is 9.51. The number of benzene rings is 1. The van der Waals surface area contributed by atoms with Crippen LogP contribution in [0.15, 0.2) is 18.2 Å². The van der Waals surface area contributed by atoms with E-state index in [2.05, 4.69) is 11.4 Å². The van der Waals surface area contributed by atoms with Gasteiger partial charge >= 0.3 is 0 Å². The van der Waals surface area contributed by atoms with Crippen LogP contribution in [0.4, 0.5) is 0 Å². The Morgan fingerprint density at radius 1 is 1.30 bits per heavy atom. The third-order valence-electron chi connectivity index (χ3n) is 2.85. The van der Waals surface area contributed by atoms with Crippen LogP contribution in [0.25, 0.3) is 0 Å². The summed E-state index contributed by atoms with van der Waals surface area (Å²) in [6, 6.07) is 6.20. The molecule has 2 atom stereocenters. The number of rotatable bonds is 9. The highest BCUT2D eigenvalue weighted by atomic mass is 32.2. The molecule has 1 aromatic carbocycles. The van der Waals surface area contributed by atoms with Gasteiger partial charge in [0.15, 0.2) is 0 Å². The highest BCUT2D eigenvalue weighted by Crippen LogP contribution is 2.11. The van der Waals surface area contributed by atoms with Crippen LogP contribution in [0.2, 0.25) is 0 Å². The first kappa shape index (κ1) is 17.3. The van der Waals surface area contributed by atoms with Crippen LogP contribution in [0, 0.1) is 13.8 Å². The maximum atomic E-state index is 12.0. The number of hydrogen-bond donors (Lipinski definition) is 2. The van der Waals surface area contributed by atoms with Gasteiger partial charge in [-0.25, -0.2) is 0 Å². The minimum atomic E-state index is -1.05. The fraction of sp³-hybridized carbons (Fsp3) is 0.600. The lowest BCUT2D eigenvalue weighted by molar-refractivity contribution is 0.174. The zero-order valence-electron chi connectivity index (χ0n) is 12.5. The summed E-state index contributed by atoms with van der Waals surface area (Å²) in [6.07, 6.45) is -0.585. The van der Waals surface area contributed by atoms with Crippen molar-refractivity contribution in [3.05, 3.63) is 34.9 Å². The molecule has 0 saturated heterocycles. The monoisotopic (exact) mass is 299 g/mol. The van der Waals surface area contributed by atoms with Gasteiger partial charge in [-0.3, -0.25) is 4.21 Å². The van der Waals surface area contributed by atoms with Crippen molar-refractivity contribution in [2.75, 3.05) is 32.6 Å². The lowest BCUT2D eigenvalue weighted by Gasteiger charge is -2.12. The molecule has 114 valence electrons. The van der Waals surface area contributed by atoms with Crippen molar-refractivity contribution in [1.82, 2.24) is 5.32 Å². The highest BCUT2D eigenvalue weighted by Gasteiger charge is 2.10. The van der Waals surface area contributed by atoms with Crippen LogP contribution >= 0.6 is 0 Å². The molecule has 0 aliphatic heterocycles. The minimum Gasteiger partial charge on any atom is -0.391 e. The molecule has 5 heteroatoms. The number of nitrogens with one attached hydrogen (secondary N) is 1. The molecular formula is C15H25NO3S. The Balaban J connectivity index is 2.35. The second-order valence-corrected chi connectivity index (χ2v) is 6.60. The van der Waals surface area contributed by atoms with Crippen LogP contribution in [-0.4, -0.2) is 48.0 Å². The van der Waals surface area contributed by atoms with Gasteiger partial charge in [-0.05, 0) is 19.4 Å². The number of ether oxygens (including phenoxy) is 1. The Bertz CT molecular complexity index is 417. The average Bonchev–Trinajstić information content (AvgIpc) is 2.33. The van der Waals surface area contributed by atoms with Crippen LogP contribution in [-0.2, 0) is 21.3 Å². The van der Waals surface area contributed by atoms with Crippen molar-refractivity contribution >= 4 is 10.8 Å². The van der Waals surface area contributed by atoms with Crippen molar-refractivity contribution in [2.24, 2.45) is 0 Å². The molecule has 1 aromatic rings. The second kappa shape index (κ2) is 9.23. The summed E-state index contributed by atoms with van der Waals surface area (Å²) < 4.78 is 16.9. The van der Waals surface area contributed by atoms with Crippen LogP contribution < -0.4 is 5.32 Å². The van der Waals surface area contributed by atoms with Crippen molar-refractivity contribution in [3.63, 3.8) is 0 Å². The molecule has 4 nitrogen and oxygen atoms in total. The Labute approximate surface area is 124 Å². The lowest BCUT2D eigenvalue weighted by Crippen LogP contribution is -2.33. The number of aliphatic hydroxyl groups is 1. The summed E-state index contributed by atoms with van der Waals surface area (Å²) in [4.78, 5) is 0. The smallest absolute Gasteiger partial charge is 0.0779 e. The van der Waals surface area contributed by atoms with E-state index >= 15 is 0 Å². The second-order valence-electron chi connectivity index (χ2n) is 5.10. The molecule has 0 aromatic heterocycles. The minimum absolute atomic E-state index is 0.299. The highest BCUT2D eigenvalue weighted by molar-refractivity contribution is 7.84. The molecule has 0 radical (unpaired) electrons. The van der Waals surface area contributed by atoms with Crippen molar-refractivity contribution in [3.8, 4) is 0 Å². The summed E-state index contributed by atoms with van der Waals surface area (Å²) in [5.41, 5.74) is 3.43. The zero-order chi connectivity index (χ0) is 15.0. The van der Waals surface area contributed by atoms with E-state index in [9.17, 15) is 9.32 Å². The first-order valence-electron chi connectivity index (χ1n) is 6.81. The molecule has 0 amide bonds. The molecule has 2 unspecified atom stereocenters. The van der Waals surface area contributed by atoms with Crippen LogP contribution in [0.3, 0.4) is 0 Å². The van der Waals surface area contributed by atoms with Gasteiger partial charge in [-0.15, -0.1) is 0 Å². The van der Waals surface area contributed by atoms with Gasteiger partial charge in [-0.1, -0.05) is 29.3 Å². The third kappa shape index (κ3) is 7.14. The Morgan fingerprint density at radius 3 is 2.55 bits per heavy atom. The van der Waals surface area contributed by atoms with Crippen LogP contribution in [0.1, 0.15) is 16.7 Å². The Morgan fingerprint density at radius 2 is 1.95 bits per heavy atom. The van der Waals surface area contributed by atoms with E-state index in [0.29, 0.717) is 31.2 Å². The third-order valence-corrected chi connectivity index (χ3v) is 4.26. The molecular weight excluding hydrogens is 274 g/mol. The Hall–Kier alpha value is -0.750. The van der Waals surface area contributed by atoms with Crippen LogP contribution in [0.5, 0.6) is 0 Å². The number of aryl methyl sites for hydroxylation is 2. The zero-order valence-corrected chi connectivity index (χ0v) is 13.3. The molecule has 0 saturated carbocycles. The predicted molar refractivity (Wildman–Crippen MR) is 83.4 cm³/mol. The quantitative estimate of drug-likeness (QED) is 0.672. The normalized spacial score (nSPS) is 14.2. The molecule has 0 spiro atoms. The summed E-state index contributed by atoms with van der Waals surface area (Å²) in [5, 5.41) is 12.9. The van der Waals surface area contributed by atoms with Gasteiger partial charge in [0.1, 0.15) is 0 Å². The van der Waals surface area contributed by atoms with Crippen molar-refractivity contribution in [1.29, 1.82) is 0 Å². The van der Waals surface area contributed by atoms with Crippen molar-refractivity contribution in [2.45, 2.75) is 25.7 Å². The number of methoxy groups -OCH3 is 1. The number of hydrogen-bond acceptors (Lipinski definition) is 4. The van der Waals surface area contributed by atoms with Gasteiger partial charge < -0.3 is 15.2 Å². The summed E-state index contributed by atoms with van der Waals surface area (Å²) >= 11 is 0. The fourth-order valence-corrected chi connectivity index (χ4v) is 3.32. The van der Waals surface area contributed by atoms with E-state index in [1.165, 1.54) is 11.1 Å². The van der Waals surface area contributed by atoms with E-state index < -0.39 is 16.9 Å². The molecule has 1 rings (SSSR count). The molecule has 0 fully saturated rings. The van der Waals surface area contributed by atoms with E-state index in [0.717, 1.165) is 5.56 Å². The maximum absolute atomic E-state index is 12.0. The molecule has 0 aliphatic carbocycles. The first-order valence-corrected chi connectivity index (χ1v) is 8.30. The molecule has 0 aliphatic rings. The SMILES string of the molecule is COCCNCC(O)CS(=O)Cc1cc(C)cc(C)c1. The van der Waals surface area contributed by atoms with E-state index in [4.69, 9.17) is 4.74 Å². The fourth-order valence-electron chi connectivity index (χ4n) is 2.11. The van der Waals surface area contributed by atoms with E-state index in [-0.39, 0.29) is 0 Å². The topological polar surface area (TPSA) is 58.6 Å². The standard InChI is InChI=1S/C15H25NO3S/c1-12-6-13(2)8-14(7-12)10-20(18)11-15(17)9-16-4-5-19-3/h6-8,15-17H,4-5,9-11H2,1-3H3. The number of aliphatic hydroxyl groups excluding tert-OH is 1. The molecule has 2 N–H and O–H groups in total. The summed E-state index contributed by atoms with van der Waals surface area (Å²) in [5.74, 6) is 0.796. The van der Waals surface area contributed by atoms with E-state index in [1.54, 1.807) is 7.11 Å².